The number of carbonyl (C=O) groups excluding carboxylic acids is 1. The molecule has 1 fully saturated rings. The Morgan fingerprint density at radius 2 is 1.76 bits per heavy atom. The normalized spacial score (nSPS) is 20.6. The number of aliphatic carboxylic acids is 1. The van der Waals surface area contributed by atoms with Gasteiger partial charge in [0.25, 0.3) is 0 Å². The van der Waals surface area contributed by atoms with Crippen LogP contribution in [0.25, 0.3) is 0 Å². The first-order valence-electron chi connectivity index (χ1n) is 6.46. The molecule has 0 radical (unpaired) electrons. The molecule has 1 aliphatic rings. The summed E-state index contributed by atoms with van der Waals surface area (Å²) < 4.78 is 25.2. The highest BCUT2D eigenvalue weighted by atomic mass is 32.2. The third-order valence-corrected chi connectivity index (χ3v) is 4.56. The number of hydrogen-bond acceptors (Lipinski definition) is 4. The zero-order chi connectivity index (χ0) is 15.6. The average Bonchev–Trinajstić information content (AvgIpc) is 3.21. The number of nitrogens with one attached hydrogen (secondary N) is 2. The van der Waals surface area contributed by atoms with Gasteiger partial charge in [-0.1, -0.05) is 0 Å². The van der Waals surface area contributed by atoms with Crippen molar-refractivity contribution in [3.63, 3.8) is 0 Å². The van der Waals surface area contributed by atoms with Crippen molar-refractivity contribution in [3.05, 3.63) is 24.3 Å². The first kappa shape index (κ1) is 15.3. The van der Waals surface area contributed by atoms with Crippen molar-refractivity contribution in [3.8, 4) is 0 Å². The van der Waals surface area contributed by atoms with Gasteiger partial charge in [-0.15, -0.1) is 0 Å². The summed E-state index contributed by atoms with van der Waals surface area (Å²) >= 11 is 0. The monoisotopic (exact) mass is 312 g/mol. The Morgan fingerprint density at radius 1 is 1.19 bits per heavy atom. The summed E-state index contributed by atoms with van der Waals surface area (Å²) in [4.78, 5) is 22.5. The summed E-state index contributed by atoms with van der Waals surface area (Å²) in [5, 5.41) is 11.4. The summed E-state index contributed by atoms with van der Waals surface area (Å²) in [6.45, 7) is 1.53. The number of benzene rings is 1. The molecule has 7 nitrogen and oxygen atoms in total. The lowest BCUT2D eigenvalue weighted by atomic mass is 10.2. The number of anilines is 2. The van der Waals surface area contributed by atoms with Gasteiger partial charge >= 0.3 is 5.97 Å². The molecule has 0 aliphatic heterocycles. The van der Waals surface area contributed by atoms with Gasteiger partial charge in [0.05, 0.1) is 17.6 Å². The van der Waals surface area contributed by atoms with E-state index < -0.39 is 27.8 Å². The van der Waals surface area contributed by atoms with Gasteiger partial charge in [0, 0.05) is 11.4 Å². The van der Waals surface area contributed by atoms with Crippen LogP contribution in [0, 0.1) is 11.8 Å². The molecule has 0 aromatic heterocycles. The van der Waals surface area contributed by atoms with E-state index in [0.717, 1.165) is 0 Å². The van der Waals surface area contributed by atoms with Crippen molar-refractivity contribution in [1.29, 1.82) is 0 Å². The van der Waals surface area contributed by atoms with E-state index in [1.54, 1.807) is 12.1 Å². The number of hydrogen-bond donors (Lipinski definition) is 3. The molecule has 2 atom stereocenters. The van der Waals surface area contributed by atoms with Crippen molar-refractivity contribution in [2.75, 3.05) is 15.8 Å². The minimum atomic E-state index is -3.33. The number of carboxylic acid groups (broad SMARTS) is 1. The first-order valence-corrected chi connectivity index (χ1v) is 8.12. The largest absolute Gasteiger partial charge is 0.481 e. The van der Waals surface area contributed by atoms with Gasteiger partial charge < -0.3 is 10.4 Å². The molecule has 2 rings (SSSR count). The lowest BCUT2D eigenvalue weighted by Gasteiger charge is -2.08. The van der Waals surface area contributed by atoms with Crippen molar-refractivity contribution < 1.29 is 23.1 Å². The van der Waals surface area contributed by atoms with Crippen molar-refractivity contribution >= 4 is 33.3 Å². The second kappa shape index (κ2) is 5.72. The number of carboxylic acids is 1. The van der Waals surface area contributed by atoms with Crippen LogP contribution in [0.2, 0.25) is 0 Å². The molecule has 3 N–H and O–H groups in total. The Morgan fingerprint density at radius 3 is 2.24 bits per heavy atom. The lowest BCUT2D eigenvalue weighted by Crippen LogP contribution is -2.17. The fourth-order valence-corrected chi connectivity index (χ4v) is 2.51. The fraction of sp³-hybridized carbons (Fsp3) is 0.385. The number of sulfonamides is 1. The zero-order valence-corrected chi connectivity index (χ0v) is 12.2. The smallest absolute Gasteiger partial charge is 0.307 e. The standard InChI is InChI=1S/C13H16N2O5S/c1-2-21(19,20)15-9-5-3-8(4-6-9)14-12(16)10-7-11(10)13(17)18/h3-6,10-11,15H,2,7H2,1H3,(H,14,16)(H,17,18). The van der Waals surface area contributed by atoms with Crippen molar-refractivity contribution in [1.82, 2.24) is 0 Å². The third-order valence-electron chi connectivity index (χ3n) is 3.25. The molecule has 0 bridgehead atoms. The summed E-state index contributed by atoms with van der Waals surface area (Å²) in [6, 6.07) is 6.18. The van der Waals surface area contributed by atoms with Crippen LogP contribution in [-0.4, -0.2) is 31.2 Å². The maximum Gasteiger partial charge on any atom is 0.307 e. The second-order valence-corrected chi connectivity index (χ2v) is 6.87. The Balaban J connectivity index is 1.94. The quantitative estimate of drug-likeness (QED) is 0.728. The van der Waals surface area contributed by atoms with E-state index in [0.29, 0.717) is 17.8 Å². The second-order valence-electron chi connectivity index (χ2n) is 4.86. The van der Waals surface area contributed by atoms with Crippen molar-refractivity contribution in [2.24, 2.45) is 11.8 Å². The predicted octanol–water partition coefficient (Wildman–Crippen LogP) is 1.11. The van der Waals surface area contributed by atoms with Crippen LogP contribution in [0.5, 0.6) is 0 Å². The number of amides is 1. The molecule has 2 unspecified atom stereocenters. The Bertz CT molecular complexity index is 654. The van der Waals surface area contributed by atoms with Crippen LogP contribution in [0.1, 0.15) is 13.3 Å². The maximum absolute atomic E-state index is 11.8. The van der Waals surface area contributed by atoms with Gasteiger partial charge in [-0.25, -0.2) is 8.42 Å². The maximum atomic E-state index is 11.8. The van der Waals surface area contributed by atoms with Gasteiger partial charge in [-0.2, -0.15) is 0 Å². The van der Waals surface area contributed by atoms with E-state index in [9.17, 15) is 18.0 Å². The Hall–Kier alpha value is -2.09. The molecule has 0 spiro atoms. The molecule has 1 amide bonds. The topological polar surface area (TPSA) is 113 Å². The molecule has 21 heavy (non-hydrogen) atoms. The van der Waals surface area contributed by atoms with Gasteiger partial charge in [0.15, 0.2) is 0 Å². The summed E-state index contributed by atoms with van der Waals surface area (Å²) in [5.74, 6) is -2.39. The minimum Gasteiger partial charge on any atom is -0.481 e. The van der Waals surface area contributed by atoms with Crippen LogP contribution in [0.4, 0.5) is 11.4 Å². The van der Waals surface area contributed by atoms with Gasteiger partial charge in [0.2, 0.25) is 15.9 Å². The zero-order valence-electron chi connectivity index (χ0n) is 11.4. The highest BCUT2D eigenvalue weighted by Crippen LogP contribution is 2.39. The molecular weight excluding hydrogens is 296 g/mol. The van der Waals surface area contributed by atoms with Crippen molar-refractivity contribution in [2.45, 2.75) is 13.3 Å². The molecule has 0 saturated heterocycles. The van der Waals surface area contributed by atoms with E-state index in [1.165, 1.54) is 19.1 Å². The lowest BCUT2D eigenvalue weighted by molar-refractivity contribution is -0.139. The molecule has 114 valence electrons. The molecular formula is C13H16N2O5S. The number of carbonyl (C=O) groups is 2. The van der Waals surface area contributed by atoms with Crippen LogP contribution < -0.4 is 10.0 Å². The van der Waals surface area contributed by atoms with E-state index in [-0.39, 0.29) is 11.7 Å². The summed E-state index contributed by atoms with van der Waals surface area (Å²) in [6.07, 6.45) is 0.357. The van der Waals surface area contributed by atoms with E-state index in [1.807, 2.05) is 0 Å². The fourth-order valence-electron chi connectivity index (χ4n) is 1.87. The molecule has 1 aliphatic carbocycles. The highest BCUT2D eigenvalue weighted by molar-refractivity contribution is 7.92. The highest BCUT2D eigenvalue weighted by Gasteiger charge is 2.48. The van der Waals surface area contributed by atoms with E-state index in [2.05, 4.69) is 10.0 Å². The van der Waals surface area contributed by atoms with Crippen LogP contribution in [0.15, 0.2) is 24.3 Å². The third kappa shape index (κ3) is 3.94. The Labute approximate surface area is 122 Å². The molecule has 8 heteroatoms. The van der Waals surface area contributed by atoms with Crippen LogP contribution >= 0.6 is 0 Å². The van der Waals surface area contributed by atoms with E-state index >= 15 is 0 Å². The van der Waals surface area contributed by atoms with Gasteiger partial charge in [-0.3, -0.25) is 14.3 Å². The minimum absolute atomic E-state index is 0.0241. The molecule has 0 heterocycles. The SMILES string of the molecule is CCS(=O)(=O)Nc1ccc(NC(=O)C2CC2C(=O)O)cc1. The Kier molecular flexibility index (Phi) is 4.17. The first-order chi connectivity index (χ1) is 9.82. The molecule has 1 aromatic carbocycles. The summed E-state index contributed by atoms with van der Waals surface area (Å²) in [5.41, 5.74) is 0.903. The predicted molar refractivity (Wildman–Crippen MR) is 77.4 cm³/mol. The van der Waals surface area contributed by atoms with Crippen LogP contribution in [0.3, 0.4) is 0 Å². The molecule has 1 aromatic rings. The van der Waals surface area contributed by atoms with Gasteiger partial charge in [-0.05, 0) is 37.6 Å². The average molecular weight is 312 g/mol. The summed E-state index contributed by atoms with van der Waals surface area (Å²) in [7, 11) is -3.33. The van der Waals surface area contributed by atoms with E-state index in [4.69, 9.17) is 5.11 Å². The van der Waals surface area contributed by atoms with Gasteiger partial charge in [0.1, 0.15) is 0 Å². The number of rotatable bonds is 6. The van der Waals surface area contributed by atoms with Crippen LogP contribution in [-0.2, 0) is 19.6 Å². The molecule has 1 saturated carbocycles.